The number of ether oxygens (including phenoxy) is 1. The van der Waals surface area contributed by atoms with E-state index in [-0.39, 0.29) is 36.1 Å². The highest BCUT2D eigenvalue weighted by Crippen LogP contribution is 2.22. The molecule has 2 aliphatic rings. The zero-order valence-corrected chi connectivity index (χ0v) is 19.8. The van der Waals surface area contributed by atoms with Gasteiger partial charge < -0.3 is 20.1 Å². The Morgan fingerprint density at radius 3 is 2.56 bits per heavy atom. The molecule has 0 spiro atoms. The summed E-state index contributed by atoms with van der Waals surface area (Å²) in [5, 5.41) is 12.8. The Labute approximate surface area is 191 Å². The van der Waals surface area contributed by atoms with Crippen molar-refractivity contribution in [1.29, 1.82) is 0 Å². The third-order valence-corrected chi connectivity index (χ3v) is 7.81. The number of sulfonamides is 1. The molecule has 0 bridgehead atoms. The molecule has 2 aliphatic heterocycles. The van der Waals surface area contributed by atoms with E-state index < -0.39 is 16.1 Å². The number of nitrogens with one attached hydrogen (secondary N) is 2. The third kappa shape index (κ3) is 7.52. The van der Waals surface area contributed by atoms with Crippen LogP contribution in [0.5, 0.6) is 0 Å². The SMILES string of the molecule is Cc1ccc(S(=O)(=O)NCC[C@H]2CC[C@H](NC(=O)CCN3CCCCC3)[C@@H](CO)O2)cc1. The van der Waals surface area contributed by atoms with Gasteiger partial charge in [-0.25, -0.2) is 13.1 Å². The predicted molar refractivity (Wildman–Crippen MR) is 123 cm³/mol. The van der Waals surface area contributed by atoms with Gasteiger partial charge in [0.1, 0.15) is 6.10 Å². The summed E-state index contributed by atoms with van der Waals surface area (Å²) < 4.78 is 33.4. The zero-order chi connectivity index (χ0) is 23.0. The maximum absolute atomic E-state index is 12.4. The van der Waals surface area contributed by atoms with Gasteiger partial charge in [0.15, 0.2) is 0 Å². The van der Waals surface area contributed by atoms with Crippen LogP contribution in [-0.2, 0) is 19.6 Å². The molecule has 0 aliphatic carbocycles. The second kappa shape index (κ2) is 12.1. The molecule has 32 heavy (non-hydrogen) atoms. The standard InChI is InChI=1S/C23H37N3O5S/c1-18-5-8-20(9-6-18)32(29,30)24-13-11-19-7-10-21(22(17-27)31-19)25-23(28)12-16-26-14-3-2-4-15-26/h5-6,8-9,19,21-22,24,27H,2-4,7,10-17H2,1H3,(H,25,28)/t19-,21+,22-/m1/s1. The molecule has 1 aromatic rings. The van der Waals surface area contributed by atoms with Crippen molar-refractivity contribution in [1.82, 2.24) is 14.9 Å². The van der Waals surface area contributed by atoms with Crippen molar-refractivity contribution in [3.8, 4) is 0 Å². The summed E-state index contributed by atoms with van der Waals surface area (Å²) in [6, 6.07) is 6.51. The highest BCUT2D eigenvalue weighted by atomic mass is 32.2. The molecule has 3 rings (SSSR count). The zero-order valence-electron chi connectivity index (χ0n) is 19.0. The van der Waals surface area contributed by atoms with E-state index in [4.69, 9.17) is 4.74 Å². The summed E-state index contributed by atoms with van der Waals surface area (Å²) >= 11 is 0. The molecule has 1 amide bonds. The number of carbonyl (C=O) groups excluding carboxylic acids is 1. The first kappa shape index (κ1) is 25.1. The van der Waals surface area contributed by atoms with Crippen LogP contribution in [0.3, 0.4) is 0 Å². The number of likely N-dealkylation sites (tertiary alicyclic amines) is 1. The minimum absolute atomic E-state index is 0.00747. The molecule has 8 nitrogen and oxygen atoms in total. The van der Waals surface area contributed by atoms with Gasteiger partial charge in [0.05, 0.1) is 23.6 Å². The molecule has 0 saturated carbocycles. The van der Waals surface area contributed by atoms with Crippen molar-refractivity contribution in [3.05, 3.63) is 29.8 Å². The van der Waals surface area contributed by atoms with Gasteiger partial charge in [-0.1, -0.05) is 24.1 Å². The highest BCUT2D eigenvalue weighted by molar-refractivity contribution is 7.89. The molecular formula is C23H37N3O5S. The normalized spacial score (nSPS) is 24.9. The van der Waals surface area contributed by atoms with E-state index in [0.29, 0.717) is 25.7 Å². The number of nitrogens with zero attached hydrogens (tertiary/aromatic N) is 1. The van der Waals surface area contributed by atoms with Gasteiger partial charge in [0.2, 0.25) is 15.9 Å². The van der Waals surface area contributed by atoms with Gasteiger partial charge in [-0.05, 0) is 64.3 Å². The van der Waals surface area contributed by atoms with E-state index in [2.05, 4.69) is 14.9 Å². The second-order valence-corrected chi connectivity index (χ2v) is 10.6. The summed E-state index contributed by atoms with van der Waals surface area (Å²) in [7, 11) is -3.56. The Morgan fingerprint density at radius 1 is 1.16 bits per heavy atom. The average Bonchev–Trinajstić information content (AvgIpc) is 2.79. The quantitative estimate of drug-likeness (QED) is 0.482. The molecule has 0 radical (unpaired) electrons. The van der Waals surface area contributed by atoms with Crippen LogP contribution in [-0.4, -0.2) is 75.4 Å². The molecular weight excluding hydrogens is 430 g/mol. The maximum Gasteiger partial charge on any atom is 0.240 e. The molecule has 3 atom stereocenters. The minimum Gasteiger partial charge on any atom is -0.394 e. The fourth-order valence-electron chi connectivity index (χ4n) is 4.39. The third-order valence-electron chi connectivity index (χ3n) is 6.34. The monoisotopic (exact) mass is 467 g/mol. The summed E-state index contributed by atoms with van der Waals surface area (Å²) in [6.07, 6.45) is 5.43. The van der Waals surface area contributed by atoms with Crippen molar-refractivity contribution >= 4 is 15.9 Å². The number of carbonyl (C=O) groups is 1. The smallest absolute Gasteiger partial charge is 0.240 e. The van der Waals surface area contributed by atoms with Gasteiger partial charge in [-0.2, -0.15) is 0 Å². The predicted octanol–water partition coefficient (Wildman–Crippen LogP) is 1.56. The molecule has 3 N–H and O–H groups in total. The van der Waals surface area contributed by atoms with E-state index in [1.165, 1.54) is 19.3 Å². The van der Waals surface area contributed by atoms with E-state index in [0.717, 1.165) is 25.2 Å². The van der Waals surface area contributed by atoms with E-state index in [9.17, 15) is 18.3 Å². The van der Waals surface area contributed by atoms with Gasteiger partial charge in [-0.3, -0.25) is 4.79 Å². The lowest BCUT2D eigenvalue weighted by Gasteiger charge is -2.36. The molecule has 2 heterocycles. The molecule has 2 fully saturated rings. The fraction of sp³-hybridized carbons (Fsp3) is 0.696. The van der Waals surface area contributed by atoms with Gasteiger partial charge in [-0.15, -0.1) is 0 Å². The first-order chi connectivity index (χ1) is 15.4. The maximum atomic E-state index is 12.4. The second-order valence-electron chi connectivity index (χ2n) is 8.88. The molecule has 1 aromatic carbocycles. The van der Waals surface area contributed by atoms with Crippen LogP contribution in [0.1, 0.15) is 50.5 Å². The van der Waals surface area contributed by atoms with Crippen molar-refractivity contribution < 1.29 is 23.1 Å². The number of hydrogen-bond donors (Lipinski definition) is 3. The first-order valence-electron chi connectivity index (χ1n) is 11.7. The van der Waals surface area contributed by atoms with E-state index in [1.54, 1.807) is 24.3 Å². The van der Waals surface area contributed by atoms with Crippen molar-refractivity contribution in [2.45, 2.75) is 75.0 Å². The topological polar surface area (TPSA) is 108 Å². The van der Waals surface area contributed by atoms with E-state index in [1.807, 2.05) is 6.92 Å². The van der Waals surface area contributed by atoms with Crippen molar-refractivity contribution in [3.63, 3.8) is 0 Å². The fourth-order valence-corrected chi connectivity index (χ4v) is 5.43. The average molecular weight is 468 g/mol. The molecule has 2 saturated heterocycles. The van der Waals surface area contributed by atoms with Crippen LogP contribution >= 0.6 is 0 Å². The van der Waals surface area contributed by atoms with Crippen LogP contribution in [0.4, 0.5) is 0 Å². The Bertz CT molecular complexity index is 825. The number of rotatable bonds is 10. The van der Waals surface area contributed by atoms with Crippen LogP contribution in [0, 0.1) is 6.92 Å². The summed E-state index contributed by atoms with van der Waals surface area (Å²) in [4.78, 5) is 15.0. The molecule has 9 heteroatoms. The van der Waals surface area contributed by atoms with Gasteiger partial charge >= 0.3 is 0 Å². The van der Waals surface area contributed by atoms with Crippen molar-refractivity contribution in [2.75, 3.05) is 32.8 Å². The lowest BCUT2D eigenvalue weighted by atomic mass is 9.97. The molecule has 180 valence electrons. The summed E-state index contributed by atoms with van der Waals surface area (Å²) in [5.41, 5.74) is 1.00. The Kier molecular flexibility index (Phi) is 9.48. The number of aliphatic hydroxyl groups is 1. The van der Waals surface area contributed by atoms with Gasteiger partial charge in [0, 0.05) is 19.5 Å². The Morgan fingerprint density at radius 2 is 1.88 bits per heavy atom. The Balaban J connectivity index is 1.39. The van der Waals surface area contributed by atoms with Gasteiger partial charge in [0.25, 0.3) is 0 Å². The number of benzene rings is 1. The van der Waals surface area contributed by atoms with Crippen LogP contribution < -0.4 is 10.0 Å². The minimum atomic E-state index is -3.56. The number of hydrogen-bond acceptors (Lipinski definition) is 6. The summed E-state index contributed by atoms with van der Waals surface area (Å²) in [5.74, 6) is -0.00747. The number of amides is 1. The first-order valence-corrected chi connectivity index (χ1v) is 13.2. The number of aliphatic hydroxyl groups excluding tert-OH is 1. The highest BCUT2D eigenvalue weighted by Gasteiger charge is 2.32. The largest absolute Gasteiger partial charge is 0.394 e. The Hall–Kier alpha value is -1.52. The van der Waals surface area contributed by atoms with Crippen LogP contribution in [0.25, 0.3) is 0 Å². The lowest BCUT2D eigenvalue weighted by molar-refractivity contribution is -0.128. The lowest BCUT2D eigenvalue weighted by Crippen LogP contribution is -2.51. The number of aryl methyl sites for hydroxylation is 1. The van der Waals surface area contributed by atoms with Crippen LogP contribution in [0.2, 0.25) is 0 Å². The van der Waals surface area contributed by atoms with Crippen LogP contribution in [0.15, 0.2) is 29.2 Å². The summed E-state index contributed by atoms with van der Waals surface area (Å²) in [6.45, 7) is 4.89. The molecule has 0 aromatic heterocycles. The number of piperidine rings is 1. The van der Waals surface area contributed by atoms with Crippen molar-refractivity contribution in [2.24, 2.45) is 0 Å². The van der Waals surface area contributed by atoms with E-state index >= 15 is 0 Å². The molecule has 0 unspecified atom stereocenters.